The molecule has 0 spiro atoms. The van der Waals surface area contributed by atoms with Gasteiger partial charge in [0.05, 0.1) is 41.6 Å². The maximum atomic E-state index is 14.0. The second-order valence-electron chi connectivity index (χ2n) is 9.69. The minimum atomic E-state index is -0.843. The normalized spacial score (nSPS) is 14.5. The molecule has 44 heavy (non-hydrogen) atoms. The van der Waals surface area contributed by atoms with Gasteiger partial charge in [-0.25, -0.2) is 9.79 Å². The lowest BCUT2D eigenvalue weighted by atomic mass is 9.95. The first-order valence-electron chi connectivity index (χ1n) is 13.6. The molecule has 11 nitrogen and oxygen atoms in total. The highest BCUT2D eigenvalue weighted by Gasteiger charge is 2.35. The zero-order valence-corrected chi connectivity index (χ0v) is 25.3. The number of rotatable bonds is 10. The van der Waals surface area contributed by atoms with Crippen molar-refractivity contribution in [2.75, 3.05) is 20.8 Å². The number of nitrogens with zero attached hydrogens (tertiary/aromatic N) is 3. The van der Waals surface area contributed by atoms with Crippen molar-refractivity contribution >= 4 is 29.1 Å². The van der Waals surface area contributed by atoms with Crippen LogP contribution in [0.15, 0.2) is 87.8 Å². The second-order valence-corrected chi connectivity index (χ2v) is 10.7. The van der Waals surface area contributed by atoms with E-state index in [0.29, 0.717) is 37.8 Å². The highest BCUT2D eigenvalue weighted by atomic mass is 32.1. The van der Waals surface area contributed by atoms with E-state index in [2.05, 4.69) is 4.99 Å². The Kier molecular flexibility index (Phi) is 8.91. The topological polar surface area (TPSA) is 131 Å². The van der Waals surface area contributed by atoms with Crippen molar-refractivity contribution in [1.82, 2.24) is 4.57 Å². The highest BCUT2D eigenvalue weighted by Crippen LogP contribution is 2.37. The fourth-order valence-corrected chi connectivity index (χ4v) is 5.90. The number of carbonyl (C=O) groups excluding carboxylic acids is 1. The zero-order chi connectivity index (χ0) is 31.4. The average Bonchev–Trinajstić information content (AvgIpc) is 3.33. The van der Waals surface area contributed by atoms with Gasteiger partial charge < -0.3 is 18.9 Å². The first kappa shape index (κ1) is 30.2. The van der Waals surface area contributed by atoms with Gasteiger partial charge in [0.15, 0.2) is 4.80 Å². The Morgan fingerprint density at radius 3 is 2.52 bits per heavy atom. The molecule has 0 fully saturated rings. The molecule has 0 N–H and O–H groups in total. The van der Waals surface area contributed by atoms with E-state index in [4.69, 9.17) is 18.9 Å². The van der Waals surface area contributed by atoms with Crippen LogP contribution in [0.25, 0.3) is 6.08 Å². The van der Waals surface area contributed by atoms with Gasteiger partial charge in [-0.15, -0.1) is 0 Å². The van der Waals surface area contributed by atoms with Crippen LogP contribution in [0.4, 0.5) is 5.69 Å². The van der Waals surface area contributed by atoms with Crippen molar-refractivity contribution < 1.29 is 28.7 Å². The predicted molar refractivity (Wildman–Crippen MR) is 164 cm³/mol. The van der Waals surface area contributed by atoms with Gasteiger partial charge >= 0.3 is 5.97 Å². The van der Waals surface area contributed by atoms with Crippen molar-refractivity contribution in [2.24, 2.45) is 4.99 Å². The molecule has 1 aliphatic rings. The monoisotopic (exact) mass is 615 g/mol. The first-order valence-corrected chi connectivity index (χ1v) is 14.4. The third-order valence-corrected chi connectivity index (χ3v) is 7.94. The molecule has 1 atom stereocenters. The van der Waals surface area contributed by atoms with Crippen molar-refractivity contribution in [2.45, 2.75) is 26.5 Å². The molecule has 0 saturated heterocycles. The molecule has 3 aromatic carbocycles. The highest BCUT2D eigenvalue weighted by molar-refractivity contribution is 7.07. The quantitative estimate of drug-likeness (QED) is 0.147. The number of nitro benzene ring substituents is 1. The summed E-state index contributed by atoms with van der Waals surface area (Å²) in [6.07, 6.45) is 1.74. The number of ether oxygens (including phenoxy) is 4. The molecule has 4 aromatic rings. The fraction of sp³-hybridized carbons (Fsp3) is 0.219. The maximum Gasteiger partial charge on any atom is 0.338 e. The first-order chi connectivity index (χ1) is 21.2. The van der Waals surface area contributed by atoms with Crippen molar-refractivity contribution in [3.63, 3.8) is 0 Å². The number of allylic oxidation sites excluding steroid dienone is 1. The molecular weight excluding hydrogens is 586 g/mol. The minimum Gasteiger partial charge on any atom is -0.497 e. The van der Waals surface area contributed by atoms with Gasteiger partial charge in [0, 0.05) is 23.8 Å². The summed E-state index contributed by atoms with van der Waals surface area (Å²) < 4.78 is 24.2. The number of methoxy groups -OCH3 is 2. The predicted octanol–water partition coefficient (Wildman–Crippen LogP) is 4.30. The number of carbonyl (C=O) groups is 1. The Hall–Kier alpha value is -5.23. The number of thiazole rings is 1. The van der Waals surface area contributed by atoms with Gasteiger partial charge in [-0.1, -0.05) is 23.5 Å². The van der Waals surface area contributed by atoms with E-state index in [9.17, 15) is 19.7 Å². The van der Waals surface area contributed by atoms with Crippen LogP contribution in [0.5, 0.6) is 17.2 Å². The molecule has 1 aromatic heterocycles. The third kappa shape index (κ3) is 6.11. The van der Waals surface area contributed by atoms with Gasteiger partial charge in [-0.05, 0) is 67.4 Å². The van der Waals surface area contributed by atoms with E-state index in [0.717, 1.165) is 11.1 Å². The molecule has 1 aliphatic heterocycles. The number of fused-ring (bicyclic) bond motifs is 1. The standard InChI is InChI=1S/C32H29N3O8S/c1-5-42-31(37)28-19(2)33-32-34(29(28)25-14-13-23(40-3)17-26(25)41-4)30(36)27(44-32)16-21-7-6-8-24(15-21)43-18-20-9-11-22(12-10-20)35(38)39/h6-17,29H,5,18H2,1-4H3/b27-16-/t29-/m1/s1. The molecule has 0 bridgehead atoms. The van der Waals surface area contributed by atoms with E-state index in [1.54, 1.807) is 69.5 Å². The molecule has 5 rings (SSSR count). The number of benzene rings is 3. The summed E-state index contributed by atoms with van der Waals surface area (Å²) in [4.78, 5) is 42.7. The molecule has 226 valence electrons. The summed E-state index contributed by atoms with van der Waals surface area (Å²) in [7, 11) is 3.06. The number of nitro groups is 1. The fourth-order valence-electron chi connectivity index (χ4n) is 4.86. The lowest BCUT2D eigenvalue weighted by Crippen LogP contribution is -2.40. The van der Waals surface area contributed by atoms with Gasteiger partial charge in [0.25, 0.3) is 11.2 Å². The van der Waals surface area contributed by atoms with Crippen LogP contribution in [0.1, 0.15) is 36.6 Å². The Morgan fingerprint density at radius 1 is 1.07 bits per heavy atom. The summed E-state index contributed by atoms with van der Waals surface area (Å²) >= 11 is 1.21. The minimum absolute atomic E-state index is 0.00876. The molecule has 0 saturated carbocycles. The molecule has 2 heterocycles. The Bertz CT molecular complexity index is 1940. The Labute approximate surface area is 256 Å². The molecule has 0 unspecified atom stereocenters. The lowest BCUT2D eigenvalue weighted by Gasteiger charge is -2.26. The molecule has 0 aliphatic carbocycles. The van der Waals surface area contributed by atoms with Gasteiger partial charge in [-0.2, -0.15) is 0 Å². The van der Waals surface area contributed by atoms with E-state index in [1.165, 1.54) is 35.1 Å². The SMILES string of the molecule is CCOC(=O)C1=C(C)N=c2s/c(=C\c3cccc(OCc4ccc([N+](=O)[O-])cc4)c3)c(=O)n2[C@@H]1c1ccc(OC)cc1OC. The molecule has 12 heteroatoms. The number of hydrogen-bond acceptors (Lipinski definition) is 10. The van der Waals surface area contributed by atoms with E-state index < -0.39 is 16.9 Å². The summed E-state index contributed by atoms with van der Waals surface area (Å²) in [6.45, 7) is 3.81. The Morgan fingerprint density at radius 2 is 1.84 bits per heavy atom. The van der Waals surface area contributed by atoms with Gasteiger partial charge in [0.2, 0.25) is 0 Å². The van der Waals surface area contributed by atoms with Gasteiger partial charge in [-0.3, -0.25) is 19.5 Å². The summed E-state index contributed by atoms with van der Waals surface area (Å²) in [5.41, 5.74) is 2.45. The van der Waals surface area contributed by atoms with E-state index in [1.807, 2.05) is 12.1 Å². The summed E-state index contributed by atoms with van der Waals surface area (Å²) in [5.74, 6) is 1.00. The lowest BCUT2D eigenvalue weighted by molar-refractivity contribution is -0.384. The van der Waals surface area contributed by atoms with Crippen molar-refractivity contribution in [3.05, 3.63) is 124 Å². The smallest absolute Gasteiger partial charge is 0.338 e. The summed E-state index contributed by atoms with van der Waals surface area (Å²) in [5, 5.41) is 10.9. The summed E-state index contributed by atoms with van der Waals surface area (Å²) in [6, 6.07) is 17.7. The Balaban J connectivity index is 1.54. The van der Waals surface area contributed by atoms with Crippen LogP contribution in [0.2, 0.25) is 0 Å². The molecular formula is C32H29N3O8S. The van der Waals surface area contributed by atoms with Crippen LogP contribution < -0.4 is 29.1 Å². The van der Waals surface area contributed by atoms with Crippen LogP contribution in [-0.4, -0.2) is 36.3 Å². The van der Waals surface area contributed by atoms with Crippen molar-refractivity contribution in [1.29, 1.82) is 0 Å². The van der Waals surface area contributed by atoms with Crippen LogP contribution >= 0.6 is 11.3 Å². The van der Waals surface area contributed by atoms with Crippen LogP contribution in [0, 0.1) is 10.1 Å². The maximum absolute atomic E-state index is 14.0. The van der Waals surface area contributed by atoms with Crippen LogP contribution in [-0.2, 0) is 16.1 Å². The van der Waals surface area contributed by atoms with E-state index in [-0.39, 0.29) is 30.0 Å². The zero-order valence-electron chi connectivity index (χ0n) is 24.4. The third-order valence-electron chi connectivity index (χ3n) is 6.96. The molecule has 0 radical (unpaired) electrons. The number of non-ortho nitro benzene ring substituents is 1. The van der Waals surface area contributed by atoms with Gasteiger partial charge in [0.1, 0.15) is 29.9 Å². The average molecular weight is 616 g/mol. The number of hydrogen-bond donors (Lipinski definition) is 0. The second kappa shape index (κ2) is 13.0. The van der Waals surface area contributed by atoms with Crippen LogP contribution in [0.3, 0.4) is 0 Å². The van der Waals surface area contributed by atoms with Crippen molar-refractivity contribution in [3.8, 4) is 17.2 Å². The largest absolute Gasteiger partial charge is 0.497 e. The number of esters is 1. The van der Waals surface area contributed by atoms with E-state index >= 15 is 0 Å². The number of aromatic nitrogens is 1. The molecule has 0 amide bonds.